The van der Waals surface area contributed by atoms with Gasteiger partial charge in [0.1, 0.15) is 5.82 Å². The second-order valence-electron chi connectivity index (χ2n) is 7.28. The highest BCUT2D eigenvalue weighted by molar-refractivity contribution is 6.34. The second kappa shape index (κ2) is 10.9. The average molecular weight is 491 g/mol. The largest absolute Gasteiger partial charge is 0.461 e. The zero-order chi connectivity index (χ0) is 24.8. The summed E-state index contributed by atoms with van der Waals surface area (Å²) in [6.45, 7) is 2.22. The van der Waals surface area contributed by atoms with Crippen LogP contribution in [0.2, 0.25) is 5.02 Å². The zero-order valence-electron chi connectivity index (χ0n) is 18.1. The number of ether oxygens (including phenoxy) is 1. The van der Waals surface area contributed by atoms with E-state index >= 15 is 0 Å². The number of unbranched alkanes of at least 4 members (excludes halogenated alkanes) is 2. The Balaban J connectivity index is 1.94. The predicted octanol–water partition coefficient (Wildman–Crippen LogP) is 4.50. The van der Waals surface area contributed by atoms with E-state index in [1.54, 1.807) is 0 Å². The molecule has 0 aliphatic heterocycles. The Bertz CT molecular complexity index is 1230. The Morgan fingerprint density at radius 1 is 1.09 bits per heavy atom. The van der Waals surface area contributed by atoms with Crippen LogP contribution in [0.3, 0.4) is 0 Å². The number of carbonyl (C=O) groups excluding carboxylic acids is 3. The summed E-state index contributed by atoms with van der Waals surface area (Å²) in [6.07, 6.45) is 2.54. The van der Waals surface area contributed by atoms with Crippen molar-refractivity contribution >= 4 is 35.2 Å². The van der Waals surface area contributed by atoms with E-state index in [0.29, 0.717) is 24.2 Å². The van der Waals surface area contributed by atoms with Crippen LogP contribution in [0.4, 0.5) is 14.6 Å². The van der Waals surface area contributed by atoms with Crippen LogP contribution >= 0.6 is 11.6 Å². The number of nitrogens with two attached hydrogens (primary N) is 1. The molecule has 1 heterocycles. The maximum absolute atomic E-state index is 13.7. The Morgan fingerprint density at radius 2 is 1.76 bits per heavy atom. The number of amides is 2. The van der Waals surface area contributed by atoms with E-state index < -0.39 is 29.4 Å². The van der Waals surface area contributed by atoms with Gasteiger partial charge >= 0.3 is 5.97 Å². The van der Waals surface area contributed by atoms with E-state index in [1.807, 2.05) is 6.92 Å². The fourth-order valence-corrected chi connectivity index (χ4v) is 3.24. The van der Waals surface area contributed by atoms with Crippen LogP contribution in [0.25, 0.3) is 5.69 Å². The molecular weight excluding hydrogens is 470 g/mol. The van der Waals surface area contributed by atoms with Crippen molar-refractivity contribution < 1.29 is 27.9 Å². The Kier molecular flexibility index (Phi) is 7.95. The van der Waals surface area contributed by atoms with Gasteiger partial charge < -0.3 is 15.8 Å². The minimum atomic E-state index is -1.25. The van der Waals surface area contributed by atoms with Crippen molar-refractivity contribution in [3.8, 4) is 5.69 Å². The van der Waals surface area contributed by atoms with E-state index in [2.05, 4.69) is 10.4 Å². The van der Waals surface area contributed by atoms with Gasteiger partial charge in [-0.15, -0.1) is 0 Å². The molecule has 2 amide bonds. The maximum Gasteiger partial charge on any atom is 0.358 e. The maximum atomic E-state index is 13.7. The molecule has 11 heteroatoms. The summed E-state index contributed by atoms with van der Waals surface area (Å²) in [5, 5.41) is 6.39. The number of carbonyl (C=O) groups is 3. The third-order valence-corrected chi connectivity index (χ3v) is 5.10. The monoisotopic (exact) mass is 490 g/mol. The first-order chi connectivity index (χ1) is 16.2. The number of hydrogen-bond donors (Lipinski definition) is 2. The summed E-state index contributed by atoms with van der Waals surface area (Å²) in [5.41, 5.74) is 5.47. The van der Waals surface area contributed by atoms with Gasteiger partial charge in [-0.25, -0.2) is 18.3 Å². The SMILES string of the molecule is CCCCCOC(=O)c1cc(NC(=O)c2cc(F)c(F)cc2Cl)n(-c2ccc(C(N)=O)cc2)n1. The molecule has 3 N–H and O–H groups in total. The molecule has 8 nitrogen and oxygen atoms in total. The second-order valence-corrected chi connectivity index (χ2v) is 7.69. The number of nitrogens with one attached hydrogen (secondary N) is 1. The lowest BCUT2D eigenvalue weighted by Gasteiger charge is -2.10. The number of anilines is 1. The van der Waals surface area contributed by atoms with E-state index in [4.69, 9.17) is 22.1 Å². The minimum Gasteiger partial charge on any atom is -0.461 e. The third-order valence-electron chi connectivity index (χ3n) is 4.79. The van der Waals surface area contributed by atoms with Crippen molar-refractivity contribution in [1.82, 2.24) is 9.78 Å². The van der Waals surface area contributed by atoms with Crippen molar-refractivity contribution in [2.24, 2.45) is 5.73 Å². The summed E-state index contributed by atoms with van der Waals surface area (Å²) >= 11 is 5.90. The molecular formula is C23H21ClF2N4O4. The van der Waals surface area contributed by atoms with Crippen LogP contribution in [0.15, 0.2) is 42.5 Å². The molecule has 0 fully saturated rings. The zero-order valence-corrected chi connectivity index (χ0v) is 18.9. The van der Waals surface area contributed by atoms with Crippen molar-refractivity contribution in [2.75, 3.05) is 11.9 Å². The number of primary amides is 1. The standard InChI is InChI=1S/C23H21ClF2N4O4/c1-2-3-4-9-34-23(33)19-12-20(28-22(32)15-10-17(25)18(26)11-16(15)24)30(29-19)14-7-5-13(6-8-14)21(27)31/h5-8,10-12H,2-4,9H2,1H3,(H2,27,31)(H,28,32). The van der Waals surface area contributed by atoms with Gasteiger partial charge in [0.15, 0.2) is 17.3 Å². The third kappa shape index (κ3) is 5.76. The highest BCUT2D eigenvalue weighted by Gasteiger charge is 2.21. The topological polar surface area (TPSA) is 116 Å². The van der Waals surface area contributed by atoms with Crippen LogP contribution in [-0.4, -0.2) is 34.2 Å². The highest BCUT2D eigenvalue weighted by Crippen LogP contribution is 2.24. The number of aromatic nitrogens is 2. The molecule has 0 aliphatic rings. The molecule has 0 radical (unpaired) electrons. The molecule has 0 atom stereocenters. The van der Waals surface area contributed by atoms with Crippen molar-refractivity contribution in [2.45, 2.75) is 26.2 Å². The summed E-state index contributed by atoms with van der Waals surface area (Å²) in [6, 6.07) is 8.52. The molecule has 3 rings (SSSR count). The lowest BCUT2D eigenvalue weighted by Crippen LogP contribution is -2.16. The molecule has 34 heavy (non-hydrogen) atoms. The quantitative estimate of drug-likeness (QED) is 0.260. The van der Waals surface area contributed by atoms with Crippen LogP contribution in [-0.2, 0) is 4.74 Å². The Morgan fingerprint density at radius 3 is 2.41 bits per heavy atom. The van der Waals surface area contributed by atoms with Gasteiger partial charge in [-0.1, -0.05) is 31.4 Å². The van der Waals surface area contributed by atoms with E-state index in [0.717, 1.165) is 12.8 Å². The molecule has 178 valence electrons. The minimum absolute atomic E-state index is 0.0260. The van der Waals surface area contributed by atoms with E-state index in [9.17, 15) is 23.2 Å². The first kappa shape index (κ1) is 24.8. The highest BCUT2D eigenvalue weighted by atomic mass is 35.5. The summed E-state index contributed by atoms with van der Waals surface area (Å²) < 4.78 is 33.5. The number of esters is 1. The molecule has 2 aromatic carbocycles. The van der Waals surface area contributed by atoms with E-state index in [-0.39, 0.29) is 34.3 Å². The first-order valence-electron chi connectivity index (χ1n) is 10.3. The summed E-state index contributed by atoms with van der Waals surface area (Å²) in [4.78, 5) is 36.6. The molecule has 0 bridgehead atoms. The van der Waals surface area contributed by atoms with Crippen molar-refractivity contribution in [3.63, 3.8) is 0 Å². The fraction of sp³-hybridized carbons (Fsp3) is 0.217. The molecule has 0 aliphatic carbocycles. The molecule has 3 aromatic rings. The average Bonchev–Trinajstić information content (AvgIpc) is 3.22. The Labute approximate surface area is 198 Å². The molecule has 0 spiro atoms. The fourth-order valence-electron chi connectivity index (χ4n) is 3.00. The number of nitrogens with zero attached hydrogens (tertiary/aromatic N) is 2. The molecule has 0 saturated carbocycles. The molecule has 0 unspecified atom stereocenters. The lowest BCUT2D eigenvalue weighted by atomic mass is 10.2. The van der Waals surface area contributed by atoms with Crippen LogP contribution in [0.5, 0.6) is 0 Å². The van der Waals surface area contributed by atoms with Gasteiger partial charge in [-0.2, -0.15) is 5.10 Å². The van der Waals surface area contributed by atoms with Gasteiger partial charge in [-0.05, 0) is 42.8 Å². The number of rotatable bonds is 9. The molecule has 1 aromatic heterocycles. The Hall–Kier alpha value is -3.79. The van der Waals surface area contributed by atoms with Crippen LogP contribution in [0, 0.1) is 11.6 Å². The van der Waals surface area contributed by atoms with Crippen molar-refractivity contribution in [1.29, 1.82) is 0 Å². The van der Waals surface area contributed by atoms with Gasteiger partial charge in [0.2, 0.25) is 5.91 Å². The van der Waals surface area contributed by atoms with Gasteiger partial charge in [0, 0.05) is 11.6 Å². The first-order valence-corrected chi connectivity index (χ1v) is 10.7. The summed E-state index contributed by atoms with van der Waals surface area (Å²) in [5.74, 6) is -4.62. The van der Waals surface area contributed by atoms with Crippen molar-refractivity contribution in [3.05, 3.63) is 75.9 Å². The number of hydrogen-bond acceptors (Lipinski definition) is 5. The van der Waals surface area contributed by atoms with Crippen LogP contribution in [0.1, 0.15) is 57.4 Å². The summed E-state index contributed by atoms with van der Waals surface area (Å²) in [7, 11) is 0. The van der Waals surface area contributed by atoms with Gasteiger partial charge in [-0.3, -0.25) is 9.59 Å². The normalized spacial score (nSPS) is 10.7. The predicted molar refractivity (Wildman–Crippen MR) is 121 cm³/mol. The number of benzene rings is 2. The van der Waals surface area contributed by atoms with Gasteiger partial charge in [0.05, 0.1) is 22.9 Å². The smallest absolute Gasteiger partial charge is 0.358 e. The van der Waals surface area contributed by atoms with E-state index in [1.165, 1.54) is 35.0 Å². The molecule has 0 saturated heterocycles. The number of halogens is 3. The lowest BCUT2D eigenvalue weighted by molar-refractivity contribution is 0.0490. The van der Waals surface area contributed by atoms with Crippen LogP contribution < -0.4 is 11.1 Å². The van der Waals surface area contributed by atoms with Gasteiger partial charge in [0.25, 0.3) is 5.91 Å².